The number of thiophene rings is 1. The Labute approximate surface area is 138 Å². The van der Waals surface area contributed by atoms with Gasteiger partial charge in [-0.05, 0) is 53.5 Å². The number of benzene rings is 1. The molecule has 108 valence electrons. The van der Waals surface area contributed by atoms with Gasteiger partial charge in [0.1, 0.15) is 0 Å². The Hall–Kier alpha value is -0.290. The predicted molar refractivity (Wildman–Crippen MR) is 95.1 cm³/mol. The Morgan fingerprint density at radius 3 is 2.80 bits per heavy atom. The van der Waals surface area contributed by atoms with Crippen LogP contribution in [0.15, 0.2) is 45.1 Å². The van der Waals surface area contributed by atoms with E-state index in [1.165, 1.54) is 19.8 Å². The molecule has 0 aliphatic rings. The maximum atomic E-state index is 3.60. The van der Waals surface area contributed by atoms with E-state index in [4.69, 9.17) is 0 Å². The third kappa shape index (κ3) is 4.92. The molecule has 1 nitrogen and oxygen atoms in total. The molecule has 2 rings (SSSR count). The van der Waals surface area contributed by atoms with E-state index in [0.717, 1.165) is 18.7 Å². The Morgan fingerprint density at radius 1 is 1.35 bits per heavy atom. The largest absolute Gasteiger partial charge is 0.313 e. The minimum absolute atomic E-state index is 0.523. The zero-order valence-corrected chi connectivity index (χ0v) is 15.1. The van der Waals surface area contributed by atoms with Gasteiger partial charge in [0, 0.05) is 31.4 Å². The Kier molecular flexibility index (Phi) is 6.62. The standard InChI is InChI=1S/C16H20BrNS2/c1-3-18-14(9-15-8-13(17)10-19-15)11-20-16-7-5-4-6-12(16)2/h4-8,10,14,18H,3,9,11H2,1-2H3. The van der Waals surface area contributed by atoms with E-state index in [0.29, 0.717) is 6.04 Å². The van der Waals surface area contributed by atoms with E-state index in [1.807, 2.05) is 23.1 Å². The smallest absolute Gasteiger partial charge is 0.0285 e. The zero-order chi connectivity index (χ0) is 14.4. The van der Waals surface area contributed by atoms with E-state index in [9.17, 15) is 0 Å². The number of halogens is 1. The van der Waals surface area contributed by atoms with Crippen molar-refractivity contribution in [1.82, 2.24) is 5.32 Å². The van der Waals surface area contributed by atoms with Crippen molar-refractivity contribution >= 4 is 39.0 Å². The molecule has 0 saturated carbocycles. The lowest BCUT2D eigenvalue weighted by atomic mass is 10.2. The summed E-state index contributed by atoms with van der Waals surface area (Å²) in [6, 6.07) is 11.4. The molecule has 0 radical (unpaired) electrons. The quantitative estimate of drug-likeness (QED) is 0.678. The number of nitrogens with one attached hydrogen (secondary N) is 1. The first-order chi connectivity index (χ1) is 9.69. The summed E-state index contributed by atoms with van der Waals surface area (Å²) < 4.78 is 1.19. The summed E-state index contributed by atoms with van der Waals surface area (Å²) in [5, 5.41) is 5.76. The fourth-order valence-corrected chi connectivity index (χ4v) is 4.71. The van der Waals surface area contributed by atoms with E-state index < -0.39 is 0 Å². The van der Waals surface area contributed by atoms with Crippen LogP contribution in [0.4, 0.5) is 0 Å². The van der Waals surface area contributed by atoms with E-state index >= 15 is 0 Å². The SMILES string of the molecule is CCNC(CSc1ccccc1C)Cc1cc(Br)cs1. The van der Waals surface area contributed by atoms with E-state index in [-0.39, 0.29) is 0 Å². The number of aryl methyl sites for hydroxylation is 1. The minimum Gasteiger partial charge on any atom is -0.313 e. The summed E-state index contributed by atoms with van der Waals surface area (Å²) in [4.78, 5) is 2.83. The maximum Gasteiger partial charge on any atom is 0.0285 e. The van der Waals surface area contributed by atoms with Gasteiger partial charge in [-0.3, -0.25) is 0 Å². The van der Waals surface area contributed by atoms with Gasteiger partial charge in [-0.25, -0.2) is 0 Å². The fraction of sp³-hybridized carbons (Fsp3) is 0.375. The first-order valence-electron chi connectivity index (χ1n) is 6.83. The molecule has 0 aliphatic carbocycles. The second kappa shape index (κ2) is 8.23. The second-order valence-electron chi connectivity index (χ2n) is 4.77. The molecular weight excluding hydrogens is 350 g/mol. The van der Waals surface area contributed by atoms with E-state index in [1.54, 1.807) is 0 Å². The van der Waals surface area contributed by atoms with Crippen LogP contribution in [0, 0.1) is 6.92 Å². The highest BCUT2D eigenvalue weighted by Crippen LogP contribution is 2.25. The van der Waals surface area contributed by atoms with Crippen LogP contribution >= 0.6 is 39.0 Å². The molecule has 0 fully saturated rings. The lowest BCUT2D eigenvalue weighted by Crippen LogP contribution is -2.33. The van der Waals surface area contributed by atoms with Gasteiger partial charge in [0.15, 0.2) is 0 Å². The number of hydrogen-bond acceptors (Lipinski definition) is 3. The molecular formula is C16H20BrNS2. The zero-order valence-electron chi connectivity index (χ0n) is 11.9. The molecule has 0 amide bonds. The summed E-state index contributed by atoms with van der Waals surface area (Å²) in [5.74, 6) is 1.11. The van der Waals surface area contributed by atoms with Crippen LogP contribution in [0.3, 0.4) is 0 Å². The number of rotatable bonds is 7. The van der Waals surface area contributed by atoms with Crippen LogP contribution in [-0.2, 0) is 6.42 Å². The molecule has 0 bridgehead atoms. The number of likely N-dealkylation sites (N-methyl/N-ethyl adjacent to an activating group) is 1. The van der Waals surface area contributed by atoms with Crippen molar-refractivity contribution in [3.05, 3.63) is 50.6 Å². The van der Waals surface area contributed by atoms with Crippen molar-refractivity contribution in [1.29, 1.82) is 0 Å². The first-order valence-corrected chi connectivity index (χ1v) is 9.49. The molecule has 20 heavy (non-hydrogen) atoms. The van der Waals surface area contributed by atoms with Crippen molar-refractivity contribution in [3.8, 4) is 0 Å². The third-order valence-corrected chi connectivity index (χ3v) is 6.15. The molecule has 0 spiro atoms. The monoisotopic (exact) mass is 369 g/mol. The molecule has 1 unspecified atom stereocenters. The highest BCUT2D eigenvalue weighted by atomic mass is 79.9. The van der Waals surface area contributed by atoms with Gasteiger partial charge in [0.05, 0.1) is 0 Å². The van der Waals surface area contributed by atoms with Gasteiger partial charge >= 0.3 is 0 Å². The minimum atomic E-state index is 0.523. The molecule has 1 heterocycles. The van der Waals surface area contributed by atoms with Crippen LogP contribution < -0.4 is 5.32 Å². The van der Waals surface area contributed by atoms with Crippen LogP contribution in [-0.4, -0.2) is 18.3 Å². The lowest BCUT2D eigenvalue weighted by molar-refractivity contribution is 0.576. The van der Waals surface area contributed by atoms with Crippen LogP contribution in [0.1, 0.15) is 17.4 Å². The van der Waals surface area contributed by atoms with Gasteiger partial charge in [-0.15, -0.1) is 23.1 Å². The average Bonchev–Trinajstić information content (AvgIpc) is 2.83. The molecule has 1 N–H and O–H groups in total. The molecule has 4 heteroatoms. The predicted octanol–water partition coefficient (Wildman–Crippen LogP) is 5.13. The van der Waals surface area contributed by atoms with Crippen LogP contribution in [0.2, 0.25) is 0 Å². The van der Waals surface area contributed by atoms with Crippen molar-refractivity contribution in [3.63, 3.8) is 0 Å². The van der Waals surface area contributed by atoms with Crippen molar-refractivity contribution < 1.29 is 0 Å². The average molecular weight is 370 g/mol. The summed E-state index contributed by atoms with van der Waals surface area (Å²) in [7, 11) is 0. The van der Waals surface area contributed by atoms with E-state index in [2.05, 4.69) is 70.8 Å². The van der Waals surface area contributed by atoms with Gasteiger partial charge in [-0.1, -0.05) is 25.1 Å². The summed E-state index contributed by atoms with van der Waals surface area (Å²) in [5.41, 5.74) is 1.37. The molecule has 1 aromatic carbocycles. The van der Waals surface area contributed by atoms with Crippen LogP contribution in [0.5, 0.6) is 0 Å². The highest BCUT2D eigenvalue weighted by Gasteiger charge is 2.11. The molecule has 1 aromatic heterocycles. The molecule has 0 saturated heterocycles. The van der Waals surface area contributed by atoms with Gasteiger partial charge < -0.3 is 5.32 Å². The summed E-state index contributed by atoms with van der Waals surface area (Å²) in [6.07, 6.45) is 1.10. The normalized spacial score (nSPS) is 12.6. The summed E-state index contributed by atoms with van der Waals surface area (Å²) in [6.45, 7) is 5.38. The third-order valence-electron chi connectivity index (χ3n) is 3.10. The lowest BCUT2D eigenvalue weighted by Gasteiger charge is -2.17. The van der Waals surface area contributed by atoms with Crippen LogP contribution in [0.25, 0.3) is 0 Å². The van der Waals surface area contributed by atoms with Crippen molar-refractivity contribution in [2.45, 2.75) is 31.2 Å². The van der Waals surface area contributed by atoms with Gasteiger partial charge in [0.2, 0.25) is 0 Å². The Balaban J connectivity index is 1.94. The highest BCUT2D eigenvalue weighted by molar-refractivity contribution is 9.10. The van der Waals surface area contributed by atoms with Gasteiger partial charge in [0.25, 0.3) is 0 Å². The number of hydrogen-bond donors (Lipinski definition) is 1. The Morgan fingerprint density at radius 2 is 2.15 bits per heavy atom. The summed E-state index contributed by atoms with van der Waals surface area (Å²) >= 11 is 7.32. The van der Waals surface area contributed by atoms with Gasteiger partial charge in [-0.2, -0.15) is 0 Å². The van der Waals surface area contributed by atoms with Crippen molar-refractivity contribution in [2.24, 2.45) is 0 Å². The first kappa shape index (κ1) is 16.1. The second-order valence-corrected chi connectivity index (χ2v) is 7.74. The molecule has 2 aromatic rings. The van der Waals surface area contributed by atoms with Crippen molar-refractivity contribution in [2.75, 3.05) is 12.3 Å². The number of thioether (sulfide) groups is 1. The Bertz CT molecular complexity index is 539. The fourth-order valence-electron chi connectivity index (χ4n) is 2.09. The molecule has 0 aliphatic heterocycles. The maximum absolute atomic E-state index is 3.60. The molecule has 1 atom stereocenters. The topological polar surface area (TPSA) is 12.0 Å².